The summed E-state index contributed by atoms with van der Waals surface area (Å²) >= 11 is 0.731. The van der Waals surface area contributed by atoms with E-state index < -0.39 is 28.9 Å². The number of piperazine rings is 1. The molecule has 0 aliphatic carbocycles. The van der Waals surface area contributed by atoms with Crippen LogP contribution >= 0.6 is 11.3 Å². The summed E-state index contributed by atoms with van der Waals surface area (Å²) in [5.74, 6) is -1.84. The van der Waals surface area contributed by atoms with E-state index in [1.165, 1.54) is 0 Å². The van der Waals surface area contributed by atoms with E-state index in [0.29, 0.717) is 13.1 Å². The summed E-state index contributed by atoms with van der Waals surface area (Å²) in [5.41, 5.74) is 2.87. The van der Waals surface area contributed by atoms with Crippen molar-refractivity contribution in [2.75, 3.05) is 57.6 Å². The number of nitrogens with one attached hydrogen (secondary N) is 1. The summed E-state index contributed by atoms with van der Waals surface area (Å²) in [4.78, 5) is 13.4. The van der Waals surface area contributed by atoms with Gasteiger partial charge in [-0.3, -0.25) is 4.90 Å². The van der Waals surface area contributed by atoms with Gasteiger partial charge in [-0.25, -0.2) is 8.78 Å². The van der Waals surface area contributed by atoms with E-state index in [0.717, 1.165) is 81.2 Å². The van der Waals surface area contributed by atoms with Crippen LogP contribution in [-0.2, 0) is 10.9 Å². The molecule has 8 rings (SSSR count). The van der Waals surface area contributed by atoms with Crippen LogP contribution in [0.25, 0.3) is 32.1 Å². The minimum Gasteiger partial charge on any atom is -0.461 e. The SMILES string of the molecule is CC.COC.N#Cc1c(N)sc2c(F)ccc(-c3c(C(F)(F)F)cc4c(N5CC6CCC(C5)N6)nc(OCC56CCCN5CCC6)nc4c3F)c12. The Balaban J connectivity index is 0.000000853. The molecular formula is C36H42F5N7O2S. The summed E-state index contributed by atoms with van der Waals surface area (Å²) in [6.07, 6.45) is 0.814. The average molecular weight is 732 g/mol. The molecule has 2 atom stereocenters. The Morgan fingerprint density at radius 1 is 1.08 bits per heavy atom. The predicted octanol–water partition coefficient (Wildman–Crippen LogP) is 7.50. The Kier molecular flexibility index (Phi) is 10.6. The number of nitriles is 1. The second-order valence-corrected chi connectivity index (χ2v) is 14.3. The third-order valence-electron chi connectivity index (χ3n) is 10.2. The van der Waals surface area contributed by atoms with Crippen LogP contribution in [0.3, 0.4) is 0 Å². The Morgan fingerprint density at radius 2 is 1.73 bits per heavy atom. The van der Waals surface area contributed by atoms with Crippen LogP contribution in [0.15, 0.2) is 18.2 Å². The summed E-state index contributed by atoms with van der Waals surface area (Å²) in [7, 11) is 3.25. The number of methoxy groups -OCH3 is 1. The highest BCUT2D eigenvalue weighted by Gasteiger charge is 2.45. The zero-order valence-electron chi connectivity index (χ0n) is 29.1. The first-order chi connectivity index (χ1) is 24.5. The molecule has 4 aliphatic rings. The topological polar surface area (TPSA) is 113 Å². The lowest BCUT2D eigenvalue weighted by Crippen LogP contribution is -2.51. The number of rotatable bonds is 5. The van der Waals surface area contributed by atoms with E-state index in [-0.39, 0.29) is 73.2 Å². The van der Waals surface area contributed by atoms with Crippen molar-refractivity contribution in [3.05, 3.63) is 41.0 Å². The van der Waals surface area contributed by atoms with Crippen LogP contribution in [0.1, 0.15) is 63.5 Å². The Bertz CT molecular complexity index is 1940. The fraction of sp³-hybridized carbons (Fsp3) is 0.528. The zero-order chi connectivity index (χ0) is 36.7. The molecule has 2 bridgehead atoms. The predicted molar refractivity (Wildman–Crippen MR) is 189 cm³/mol. The van der Waals surface area contributed by atoms with E-state index in [1.54, 1.807) is 14.2 Å². The van der Waals surface area contributed by atoms with Crippen LogP contribution in [0.4, 0.5) is 32.8 Å². The maximum Gasteiger partial charge on any atom is 0.417 e. The number of ether oxygens (including phenoxy) is 2. The number of nitrogens with zero attached hydrogens (tertiary/aromatic N) is 5. The largest absolute Gasteiger partial charge is 0.461 e. The van der Waals surface area contributed by atoms with Gasteiger partial charge in [0.2, 0.25) is 0 Å². The first-order valence-electron chi connectivity index (χ1n) is 17.3. The minimum atomic E-state index is -5.01. The number of fused-ring (bicyclic) bond motifs is 5. The van der Waals surface area contributed by atoms with Crippen LogP contribution in [0, 0.1) is 23.0 Å². The molecule has 0 radical (unpaired) electrons. The van der Waals surface area contributed by atoms with Gasteiger partial charge in [-0.2, -0.15) is 28.4 Å². The number of thiophene rings is 1. The fourth-order valence-corrected chi connectivity index (χ4v) is 9.07. The first-order valence-corrected chi connectivity index (χ1v) is 18.1. The minimum absolute atomic E-state index is 0.0699. The van der Waals surface area contributed by atoms with Gasteiger partial charge in [-0.1, -0.05) is 19.9 Å². The number of anilines is 2. The second kappa shape index (κ2) is 14.7. The maximum atomic E-state index is 17.0. The van der Waals surface area contributed by atoms with Gasteiger partial charge in [0.05, 0.1) is 21.4 Å². The van der Waals surface area contributed by atoms with Crippen LogP contribution in [0.5, 0.6) is 6.01 Å². The van der Waals surface area contributed by atoms with Crippen LogP contribution < -0.4 is 20.7 Å². The molecule has 4 aliphatic heterocycles. The van der Waals surface area contributed by atoms with Gasteiger partial charge < -0.3 is 25.4 Å². The molecule has 274 valence electrons. The third kappa shape index (κ3) is 6.67. The lowest BCUT2D eigenvalue weighted by molar-refractivity contribution is -0.137. The number of alkyl halides is 3. The molecule has 9 nitrogen and oxygen atoms in total. The molecular weight excluding hydrogens is 689 g/mol. The Labute approximate surface area is 297 Å². The molecule has 0 saturated carbocycles. The van der Waals surface area contributed by atoms with Crippen molar-refractivity contribution in [3.8, 4) is 23.2 Å². The molecule has 4 saturated heterocycles. The molecule has 2 aromatic carbocycles. The third-order valence-corrected chi connectivity index (χ3v) is 11.2. The van der Waals surface area contributed by atoms with Crippen molar-refractivity contribution < 1.29 is 31.4 Å². The monoisotopic (exact) mass is 731 g/mol. The molecule has 6 heterocycles. The highest BCUT2D eigenvalue weighted by Crippen LogP contribution is 2.48. The van der Waals surface area contributed by atoms with Crippen molar-refractivity contribution in [1.29, 1.82) is 5.26 Å². The molecule has 2 aromatic heterocycles. The first kappa shape index (κ1) is 36.9. The number of aromatic nitrogens is 2. The molecule has 2 unspecified atom stereocenters. The van der Waals surface area contributed by atoms with E-state index >= 15 is 4.39 Å². The zero-order valence-corrected chi connectivity index (χ0v) is 29.9. The summed E-state index contributed by atoms with van der Waals surface area (Å²) in [6.45, 7) is 7.21. The van der Waals surface area contributed by atoms with Crippen molar-refractivity contribution in [2.24, 2.45) is 0 Å². The van der Waals surface area contributed by atoms with Gasteiger partial charge in [-0.05, 0) is 69.3 Å². The van der Waals surface area contributed by atoms with E-state index in [2.05, 4.69) is 24.9 Å². The smallest absolute Gasteiger partial charge is 0.417 e. The number of nitrogen functional groups attached to an aromatic ring is 1. The number of halogens is 5. The normalized spacial score (nSPS) is 20.8. The van der Waals surface area contributed by atoms with Crippen LogP contribution in [-0.4, -0.2) is 79.5 Å². The molecule has 0 amide bonds. The Morgan fingerprint density at radius 3 is 2.33 bits per heavy atom. The van der Waals surface area contributed by atoms with Gasteiger partial charge in [0.1, 0.15) is 34.8 Å². The van der Waals surface area contributed by atoms with Gasteiger partial charge in [0.15, 0.2) is 5.82 Å². The van der Waals surface area contributed by atoms with E-state index in [9.17, 15) is 22.8 Å². The summed E-state index contributed by atoms with van der Waals surface area (Å²) < 4.78 is 86.9. The van der Waals surface area contributed by atoms with E-state index in [1.807, 2.05) is 24.8 Å². The highest BCUT2D eigenvalue weighted by molar-refractivity contribution is 7.23. The van der Waals surface area contributed by atoms with Gasteiger partial charge in [0.25, 0.3) is 0 Å². The number of nitrogens with two attached hydrogens (primary N) is 1. The quantitative estimate of drug-likeness (QED) is 0.202. The van der Waals surface area contributed by atoms with Gasteiger partial charge in [0, 0.05) is 55.7 Å². The lowest BCUT2D eigenvalue weighted by Gasteiger charge is -2.35. The van der Waals surface area contributed by atoms with Gasteiger partial charge >= 0.3 is 12.2 Å². The summed E-state index contributed by atoms with van der Waals surface area (Å²) in [6, 6.07) is 4.91. The summed E-state index contributed by atoms with van der Waals surface area (Å²) in [5, 5.41) is 13.0. The van der Waals surface area contributed by atoms with E-state index in [4.69, 9.17) is 10.5 Å². The van der Waals surface area contributed by atoms with Crippen molar-refractivity contribution in [1.82, 2.24) is 20.2 Å². The number of hydrogen-bond acceptors (Lipinski definition) is 10. The van der Waals surface area contributed by atoms with Crippen molar-refractivity contribution >= 4 is 43.1 Å². The second-order valence-electron chi connectivity index (χ2n) is 13.2. The highest BCUT2D eigenvalue weighted by atomic mass is 32.1. The standard InChI is InChI=1S/C32H30F5N7OS.C2H6O.C2H6/c33-22-6-5-18(23-20(12-38)28(39)46-27(22)23)24-21(32(35,36)37)11-19-26(25(24)34)41-30(45-15-31-7-1-9-44(31)10-2-8-31)42-29(19)43-13-16-3-4-17(14-43)40-16;1-3-2;1-2/h5-6,11,16-17,40H,1-4,7-10,13-15,39H2;1-2H3;1-2H3. The maximum absolute atomic E-state index is 17.0. The molecule has 15 heteroatoms. The lowest BCUT2D eigenvalue weighted by atomic mass is 9.92. The molecule has 4 fully saturated rings. The fourth-order valence-electron chi connectivity index (χ4n) is 8.12. The van der Waals surface area contributed by atoms with Gasteiger partial charge in [-0.15, -0.1) is 11.3 Å². The Hall–Kier alpha value is -3.84. The molecule has 51 heavy (non-hydrogen) atoms. The van der Waals surface area contributed by atoms with Crippen molar-refractivity contribution in [2.45, 2.75) is 76.2 Å². The molecule has 3 N–H and O–H groups in total. The average Bonchev–Trinajstić information content (AvgIpc) is 3.87. The van der Waals surface area contributed by atoms with Crippen LogP contribution in [0.2, 0.25) is 0 Å². The molecule has 0 spiro atoms. The van der Waals surface area contributed by atoms with Crippen molar-refractivity contribution in [3.63, 3.8) is 0 Å². The molecule has 4 aromatic rings. The number of hydrogen-bond donors (Lipinski definition) is 2. The number of benzene rings is 2.